The molecule has 9 aromatic carbocycles. The first-order chi connectivity index (χ1) is 28.3. The van der Waals surface area contributed by atoms with Crippen LogP contribution in [-0.2, 0) is 0 Å². The van der Waals surface area contributed by atoms with Crippen LogP contribution >= 0.6 is 0 Å². The van der Waals surface area contributed by atoms with Gasteiger partial charge in [0, 0.05) is 32.5 Å². The van der Waals surface area contributed by atoms with E-state index >= 15 is 0 Å². The maximum Gasteiger partial charge on any atom is 0.238 e. The molecule has 5 heteroatoms. The molecule has 0 radical (unpaired) electrons. The van der Waals surface area contributed by atoms with Crippen molar-refractivity contribution in [3.8, 4) is 39.5 Å². The van der Waals surface area contributed by atoms with Crippen molar-refractivity contribution in [2.24, 2.45) is 0 Å². The average Bonchev–Trinajstić information content (AvgIpc) is 3.95. The average molecular weight is 728 g/mol. The Morgan fingerprint density at radius 1 is 0.333 bits per heavy atom. The number of rotatable bonds is 4. The van der Waals surface area contributed by atoms with E-state index in [2.05, 4.69) is 162 Å². The summed E-state index contributed by atoms with van der Waals surface area (Å²) in [5, 5.41) is 11.1. The predicted octanol–water partition coefficient (Wildman–Crippen LogP) is 14.1. The Morgan fingerprint density at radius 3 is 1.63 bits per heavy atom. The summed E-state index contributed by atoms with van der Waals surface area (Å²) in [7, 11) is 0. The third-order valence-corrected chi connectivity index (χ3v) is 11.8. The second-order valence-electron chi connectivity index (χ2n) is 14.9. The number of aromatic nitrogens is 3. The number of furan rings is 2. The summed E-state index contributed by atoms with van der Waals surface area (Å²) in [6.45, 7) is 0. The van der Waals surface area contributed by atoms with Gasteiger partial charge in [0.15, 0.2) is 0 Å². The van der Waals surface area contributed by atoms with Gasteiger partial charge in [-0.1, -0.05) is 127 Å². The smallest absolute Gasteiger partial charge is 0.238 e. The largest absolute Gasteiger partial charge is 0.456 e. The molecule has 0 amide bonds. The van der Waals surface area contributed by atoms with Crippen LogP contribution in [-0.4, -0.2) is 14.5 Å². The van der Waals surface area contributed by atoms with Crippen molar-refractivity contribution in [2.45, 2.75) is 0 Å². The number of hydrogen-bond acceptors (Lipinski definition) is 4. The Hall–Kier alpha value is -7.76. The quantitative estimate of drug-likeness (QED) is 0.181. The topological polar surface area (TPSA) is 57.0 Å². The molecule has 0 aliphatic heterocycles. The van der Waals surface area contributed by atoms with Crippen molar-refractivity contribution < 1.29 is 8.83 Å². The Labute approximate surface area is 325 Å². The van der Waals surface area contributed by atoms with Gasteiger partial charge in [-0.3, -0.25) is 4.57 Å². The number of benzene rings is 8. The van der Waals surface area contributed by atoms with E-state index in [4.69, 9.17) is 18.8 Å². The van der Waals surface area contributed by atoms with Crippen molar-refractivity contribution in [1.29, 1.82) is 0 Å². The molecule has 0 spiro atoms. The van der Waals surface area contributed by atoms with E-state index in [-0.39, 0.29) is 0 Å². The number of nitrogens with zero attached hydrogens (tertiary/aromatic N) is 3. The zero-order chi connectivity index (χ0) is 37.2. The molecule has 13 aromatic rings. The molecule has 0 aliphatic carbocycles. The molecule has 5 nitrogen and oxygen atoms in total. The Bertz CT molecular complexity index is 3690. The minimum Gasteiger partial charge on any atom is -0.456 e. The van der Waals surface area contributed by atoms with E-state index in [1.807, 2.05) is 18.2 Å². The molecule has 0 bridgehead atoms. The normalized spacial score (nSPS) is 12.2. The summed E-state index contributed by atoms with van der Waals surface area (Å²) in [5.74, 6) is 0.542. The van der Waals surface area contributed by atoms with Gasteiger partial charge in [0.05, 0.1) is 22.1 Å². The first-order valence-electron chi connectivity index (χ1n) is 19.2. The van der Waals surface area contributed by atoms with Crippen molar-refractivity contribution in [2.75, 3.05) is 0 Å². The zero-order valence-electron chi connectivity index (χ0n) is 30.4. The molecule has 13 rings (SSSR count). The van der Waals surface area contributed by atoms with E-state index in [0.717, 1.165) is 99.0 Å². The van der Waals surface area contributed by atoms with Gasteiger partial charge in [-0.25, -0.2) is 4.98 Å². The summed E-state index contributed by atoms with van der Waals surface area (Å²) in [4.78, 5) is 10.9. The lowest BCUT2D eigenvalue weighted by Crippen LogP contribution is -2.03. The lowest BCUT2D eigenvalue weighted by Gasteiger charge is -2.13. The van der Waals surface area contributed by atoms with E-state index in [1.165, 1.54) is 16.2 Å². The second-order valence-corrected chi connectivity index (χ2v) is 14.9. The molecule has 0 aliphatic rings. The standard InChI is InChI=1S/C52H29N3O2/c1-3-13-30(14-4-1)32-27-33(31-15-5-2-6-16-31)29-34(28-32)50-47-39-19-9-10-23-42(39)57-51(47)54-52(53-50)55-40-22-11-20-37-35-17-7-8-18-36(35)38-21-12-24-43-46(38)49-44(56-43)26-25-41(55)48(49)45(37)40/h1-29H. The summed E-state index contributed by atoms with van der Waals surface area (Å²) < 4.78 is 15.5. The van der Waals surface area contributed by atoms with Gasteiger partial charge in [-0.05, 0) is 92.3 Å². The Kier molecular flexibility index (Phi) is 6.10. The first-order valence-corrected chi connectivity index (χ1v) is 19.2. The summed E-state index contributed by atoms with van der Waals surface area (Å²) in [6.07, 6.45) is 0. The maximum atomic E-state index is 6.64. The molecule has 0 unspecified atom stereocenters. The van der Waals surface area contributed by atoms with Crippen molar-refractivity contribution >= 4 is 87.4 Å². The van der Waals surface area contributed by atoms with Gasteiger partial charge in [-0.15, -0.1) is 0 Å². The predicted molar refractivity (Wildman–Crippen MR) is 233 cm³/mol. The maximum absolute atomic E-state index is 6.64. The monoisotopic (exact) mass is 727 g/mol. The third-order valence-electron chi connectivity index (χ3n) is 11.8. The molecule has 0 fully saturated rings. The third kappa shape index (κ3) is 4.28. The lowest BCUT2D eigenvalue weighted by molar-refractivity contribution is 0.651. The van der Waals surface area contributed by atoms with Crippen LogP contribution in [0.25, 0.3) is 127 Å². The zero-order valence-corrected chi connectivity index (χ0v) is 30.4. The van der Waals surface area contributed by atoms with Crippen LogP contribution in [0.15, 0.2) is 185 Å². The molecular weight excluding hydrogens is 699 g/mol. The first kappa shape index (κ1) is 30.6. The number of para-hydroxylation sites is 1. The Balaban J connectivity index is 1.19. The van der Waals surface area contributed by atoms with Gasteiger partial charge in [0.1, 0.15) is 16.7 Å². The fourth-order valence-corrected chi connectivity index (χ4v) is 9.35. The summed E-state index contributed by atoms with van der Waals surface area (Å²) >= 11 is 0. The molecular formula is C52H29N3O2. The highest BCUT2D eigenvalue weighted by Crippen LogP contribution is 2.47. The highest BCUT2D eigenvalue weighted by atomic mass is 16.3. The fraction of sp³-hybridized carbons (Fsp3) is 0. The van der Waals surface area contributed by atoms with Gasteiger partial charge in [0.2, 0.25) is 11.7 Å². The summed E-state index contributed by atoms with van der Waals surface area (Å²) in [5.41, 5.74) is 11.4. The van der Waals surface area contributed by atoms with Crippen LogP contribution in [0.4, 0.5) is 0 Å². The molecule has 4 aromatic heterocycles. The van der Waals surface area contributed by atoms with Crippen LogP contribution in [0.3, 0.4) is 0 Å². The van der Waals surface area contributed by atoms with Crippen LogP contribution in [0, 0.1) is 0 Å². The molecule has 264 valence electrons. The summed E-state index contributed by atoms with van der Waals surface area (Å²) in [6, 6.07) is 62.0. The molecule has 0 atom stereocenters. The van der Waals surface area contributed by atoms with Gasteiger partial charge in [0.25, 0.3) is 0 Å². The molecule has 0 saturated heterocycles. The van der Waals surface area contributed by atoms with Crippen LogP contribution in [0.1, 0.15) is 0 Å². The SMILES string of the molecule is c1ccc(-c2cc(-c3ccccc3)cc(-c3nc(-n4c5cccc6c7ccccc7c7cccc8oc9ccc4c(c9c87)c65)nc4oc5ccccc5c34)c2)cc1. The minimum atomic E-state index is 0.542. The number of fused-ring (bicyclic) bond motifs is 6. The van der Waals surface area contributed by atoms with E-state index < -0.39 is 0 Å². The van der Waals surface area contributed by atoms with E-state index in [1.54, 1.807) is 0 Å². The molecule has 0 saturated carbocycles. The van der Waals surface area contributed by atoms with Crippen LogP contribution in [0.2, 0.25) is 0 Å². The molecule has 57 heavy (non-hydrogen) atoms. The Morgan fingerprint density at radius 2 is 0.895 bits per heavy atom. The lowest BCUT2D eigenvalue weighted by atomic mass is 9.94. The van der Waals surface area contributed by atoms with Gasteiger partial charge in [-0.2, -0.15) is 4.98 Å². The van der Waals surface area contributed by atoms with Crippen LogP contribution < -0.4 is 0 Å². The van der Waals surface area contributed by atoms with Crippen molar-refractivity contribution in [3.05, 3.63) is 176 Å². The van der Waals surface area contributed by atoms with Crippen LogP contribution in [0.5, 0.6) is 0 Å². The van der Waals surface area contributed by atoms with Gasteiger partial charge < -0.3 is 8.83 Å². The molecule has 4 heterocycles. The number of hydrogen-bond donors (Lipinski definition) is 0. The van der Waals surface area contributed by atoms with Crippen molar-refractivity contribution in [3.63, 3.8) is 0 Å². The van der Waals surface area contributed by atoms with E-state index in [9.17, 15) is 0 Å². The highest BCUT2D eigenvalue weighted by molar-refractivity contribution is 6.38. The minimum absolute atomic E-state index is 0.542. The highest BCUT2D eigenvalue weighted by Gasteiger charge is 2.26. The second kappa shape index (κ2) is 11.4. The van der Waals surface area contributed by atoms with Gasteiger partial charge >= 0.3 is 0 Å². The fourth-order valence-electron chi connectivity index (χ4n) is 9.35. The van der Waals surface area contributed by atoms with E-state index in [0.29, 0.717) is 11.7 Å². The van der Waals surface area contributed by atoms with Crippen molar-refractivity contribution in [1.82, 2.24) is 14.5 Å². The molecule has 0 N–H and O–H groups in total.